The highest BCUT2D eigenvalue weighted by Crippen LogP contribution is 2.24. The third kappa shape index (κ3) is 4.03. The molecule has 1 fully saturated rings. The van der Waals surface area contributed by atoms with E-state index in [0.29, 0.717) is 13.2 Å². The van der Waals surface area contributed by atoms with E-state index in [9.17, 15) is 4.79 Å². The van der Waals surface area contributed by atoms with Gasteiger partial charge in [0.1, 0.15) is 6.54 Å². The molecular weight excluding hydrogens is 364 g/mol. The standard InChI is InChI=1S/C23H28N4O2/c1-4-19-15(2)26-27(16(19)3)12-23(28)25-22-14-29-13-18(22)11-17-9-10-24-21-8-6-5-7-20(17)21/h5-10,18,22H,4,11-14H2,1-3H3,(H,25,28)/t18-,22+/m1/s1. The van der Waals surface area contributed by atoms with Gasteiger partial charge in [-0.1, -0.05) is 25.1 Å². The van der Waals surface area contributed by atoms with Gasteiger partial charge < -0.3 is 10.1 Å². The van der Waals surface area contributed by atoms with E-state index in [0.717, 1.165) is 29.7 Å². The van der Waals surface area contributed by atoms with E-state index in [1.54, 1.807) is 0 Å². The molecule has 1 aliphatic rings. The minimum absolute atomic E-state index is 0.0111. The molecule has 3 heterocycles. The van der Waals surface area contributed by atoms with E-state index in [4.69, 9.17) is 4.74 Å². The first-order chi connectivity index (χ1) is 14.1. The van der Waals surface area contributed by atoms with Crippen molar-refractivity contribution in [1.29, 1.82) is 0 Å². The molecule has 152 valence electrons. The average molecular weight is 393 g/mol. The van der Waals surface area contributed by atoms with Crippen LogP contribution in [-0.4, -0.2) is 39.9 Å². The molecular formula is C23H28N4O2. The number of aryl methyl sites for hydroxylation is 1. The van der Waals surface area contributed by atoms with Crippen LogP contribution >= 0.6 is 0 Å². The Morgan fingerprint density at radius 1 is 1.24 bits per heavy atom. The lowest BCUT2D eigenvalue weighted by Gasteiger charge is -2.20. The molecule has 29 heavy (non-hydrogen) atoms. The maximum absolute atomic E-state index is 12.7. The number of carbonyl (C=O) groups is 1. The molecule has 6 nitrogen and oxygen atoms in total. The van der Waals surface area contributed by atoms with Gasteiger partial charge in [0.15, 0.2) is 0 Å². The van der Waals surface area contributed by atoms with Crippen molar-refractivity contribution >= 4 is 16.8 Å². The van der Waals surface area contributed by atoms with Gasteiger partial charge in [0, 0.05) is 23.2 Å². The first kappa shape index (κ1) is 19.6. The van der Waals surface area contributed by atoms with E-state index < -0.39 is 0 Å². The molecule has 0 bridgehead atoms. The Balaban J connectivity index is 1.44. The predicted molar refractivity (Wildman–Crippen MR) is 113 cm³/mol. The summed E-state index contributed by atoms with van der Waals surface area (Å²) in [6.45, 7) is 7.60. The van der Waals surface area contributed by atoms with Crippen LogP contribution in [-0.2, 0) is 28.9 Å². The smallest absolute Gasteiger partial charge is 0.242 e. The van der Waals surface area contributed by atoms with Gasteiger partial charge in [-0.3, -0.25) is 14.5 Å². The Labute approximate surface area is 171 Å². The number of pyridine rings is 1. The summed E-state index contributed by atoms with van der Waals surface area (Å²) in [5, 5.41) is 8.88. The molecule has 2 aromatic heterocycles. The van der Waals surface area contributed by atoms with Crippen molar-refractivity contribution in [1.82, 2.24) is 20.1 Å². The fourth-order valence-corrected chi connectivity index (χ4v) is 4.36. The number of amides is 1. The van der Waals surface area contributed by atoms with Crippen molar-refractivity contribution in [2.24, 2.45) is 5.92 Å². The molecule has 1 aliphatic heterocycles. The van der Waals surface area contributed by atoms with Crippen LogP contribution in [0.5, 0.6) is 0 Å². The van der Waals surface area contributed by atoms with Gasteiger partial charge in [0.25, 0.3) is 0 Å². The molecule has 1 amide bonds. The number of hydrogen-bond acceptors (Lipinski definition) is 4. The first-order valence-electron chi connectivity index (χ1n) is 10.3. The predicted octanol–water partition coefficient (Wildman–Crippen LogP) is 2.98. The van der Waals surface area contributed by atoms with E-state index >= 15 is 0 Å². The summed E-state index contributed by atoms with van der Waals surface area (Å²) in [6.07, 6.45) is 3.64. The second-order valence-electron chi connectivity index (χ2n) is 7.82. The minimum Gasteiger partial charge on any atom is -0.379 e. The number of aromatic nitrogens is 3. The van der Waals surface area contributed by atoms with Crippen LogP contribution in [0.4, 0.5) is 0 Å². The highest BCUT2D eigenvalue weighted by Gasteiger charge is 2.30. The zero-order valence-electron chi connectivity index (χ0n) is 17.3. The monoisotopic (exact) mass is 392 g/mol. The lowest BCUT2D eigenvalue weighted by Crippen LogP contribution is -2.42. The first-order valence-corrected chi connectivity index (χ1v) is 10.3. The quantitative estimate of drug-likeness (QED) is 0.700. The lowest BCUT2D eigenvalue weighted by molar-refractivity contribution is -0.122. The van der Waals surface area contributed by atoms with Crippen molar-refractivity contribution in [3.8, 4) is 0 Å². The molecule has 6 heteroatoms. The number of nitrogens with one attached hydrogen (secondary N) is 1. The summed E-state index contributed by atoms with van der Waals surface area (Å²) in [5.41, 5.74) is 5.55. The molecule has 0 saturated carbocycles. The number of hydrogen-bond donors (Lipinski definition) is 1. The number of carbonyl (C=O) groups excluding carboxylic acids is 1. The van der Waals surface area contributed by atoms with Gasteiger partial charge in [-0.05, 0) is 49.9 Å². The number of nitrogens with zero attached hydrogens (tertiary/aromatic N) is 3. The third-order valence-corrected chi connectivity index (χ3v) is 5.94. The highest BCUT2D eigenvalue weighted by atomic mass is 16.5. The van der Waals surface area contributed by atoms with Crippen LogP contribution < -0.4 is 5.32 Å². The fourth-order valence-electron chi connectivity index (χ4n) is 4.36. The summed E-state index contributed by atoms with van der Waals surface area (Å²) in [7, 11) is 0. The van der Waals surface area contributed by atoms with Crippen LogP contribution in [0.2, 0.25) is 0 Å². The summed E-state index contributed by atoms with van der Waals surface area (Å²) in [6, 6.07) is 10.3. The molecule has 1 aromatic carbocycles. The van der Waals surface area contributed by atoms with Gasteiger partial charge >= 0.3 is 0 Å². The zero-order chi connectivity index (χ0) is 20.4. The van der Waals surface area contributed by atoms with Crippen LogP contribution in [0.3, 0.4) is 0 Å². The Hall–Kier alpha value is -2.73. The van der Waals surface area contributed by atoms with Crippen molar-refractivity contribution in [3.05, 3.63) is 59.0 Å². The van der Waals surface area contributed by atoms with Crippen LogP contribution in [0, 0.1) is 19.8 Å². The SMILES string of the molecule is CCc1c(C)nn(CC(=O)N[C@H]2COC[C@H]2Cc2ccnc3ccccc23)c1C. The van der Waals surface area contributed by atoms with Crippen molar-refractivity contribution in [2.45, 2.75) is 46.2 Å². The second-order valence-corrected chi connectivity index (χ2v) is 7.82. The largest absolute Gasteiger partial charge is 0.379 e. The number of rotatable bonds is 6. The molecule has 0 unspecified atom stereocenters. The maximum Gasteiger partial charge on any atom is 0.242 e. The summed E-state index contributed by atoms with van der Waals surface area (Å²) >= 11 is 0. The van der Waals surface area contributed by atoms with E-state index in [1.807, 2.05) is 42.9 Å². The third-order valence-electron chi connectivity index (χ3n) is 5.94. The van der Waals surface area contributed by atoms with Crippen LogP contribution in [0.15, 0.2) is 36.5 Å². The molecule has 0 aliphatic carbocycles. The number of ether oxygens (including phenoxy) is 1. The van der Waals surface area contributed by atoms with Gasteiger partial charge in [0.2, 0.25) is 5.91 Å². The Morgan fingerprint density at radius 3 is 2.86 bits per heavy atom. The molecule has 2 atom stereocenters. The molecule has 1 N–H and O–H groups in total. The van der Waals surface area contributed by atoms with E-state index in [2.05, 4.69) is 34.5 Å². The van der Waals surface area contributed by atoms with Crippen molar-refractivity contribution in [3.63, 3.8) is 0 Å². The highest BCUT2D eigenvalue weighted by molar-refractivity contribution is 5.82. The molecule has 1 saturated heterocycles. The van der Waals surface area contributed by atoms with Crippen LogP contribution in [0.25, 0.3) is 10.9 Å². The summed E-state index contributed by atoms with van der Waals surface area (Å²) < 4.78 is 7.53. The number of benzene rings is 1. The van der Waals surface area contributed by atoms with Gasteiger partial charge in [0.05, 0.1) is 30.5 Å². The average Bonchev–Trinajstić information content (AvgIpc) is 3.25. The summed E-state index contributed by atoms with van der Waals surface area (Å²) in [4.78, 5) is 17.1. The molecule has 4 rings (SSSR count). The summed E-state index contributed by atoms with van der Waals surface area (Å²) in [5.74, 6) is 0.231. The fraction of sp³-hybridized carbons (Fsp3) is 0.435. The lowest BCUT2D eigenvalue weighted by atomic mass is 9.93. The van der Waals surface area contributed by atoms with Crippen molar-refractivity contribution < 1.29 is 9.53 Å². The van der Waals surface area contributed by atoms with Crippen molar-refractivity contribution in [2.75, 3.05) is 13.2 Å². The maximum atomic E-state index is 12.7. The Kier molecular flexibility index (Phi) is 5.62. The van der Waals surface area contributed by atoms with E-state index in [-0.39, 0.29) is 24.4 Å². The van der Waals surface area contributed by atoms with Crippen LogP contribution in [0.1, 0.15) is 29.4 Å². The second kappa shape index (κ2) is 8.33. The Morgan fingerprint density at radius 2 is 2.07 bits per heavy atom. The molecule has 3 aromatic rings. The van der Waals surface area contributed by atoms with Gasteiger partial charge in [-0.25, -0.2) is 0 Å². The van der Waals surface area contributed by atoms with E-state index in [1.165, 1.54) is 16.5 Å². The normalized spacial score (nSPS) is 19.0. The number of para-hydroxylation sites is 1. The molecule has 0 spiro atoms. The molecule has 0 radical (unpaired) electrons. The minimum atomic E-state index is -0.0154. The van der Waals surface area contributed by atoms with Gasteiger partial charge in [-0.2, -0.15) is 5.10 Å². The number of fused-ring (bicyclic) bond motifs is 1. The zero-order valence-corrected chi connectivity index (χ0v) is 17.3. The topological polar surface area (TPSA) is 69.0 Å². The van der Waals surface area contributed by atoms with Gasteiger partial charge in [-0.15, -0.1) is 0 Å². The Bertz CT molecular complexity index is 1020.